The molecule has 1 aromatic carbocycles. The largest absolute Gasteiger partial charge is 0.372 e. The predicted octanol–water partition coefficient (Wildman–Crippen LogP) is 3.07. The highest BCUT2D eigenvalue weighted by Gasteiger charge is 2.07. The second-order valence-electron chi connectivity index (χ2n) is 3.90. The third-order valence-corrected chi connectivity index (χ3v) is 3.42. The molecule has 2 N–H and O–H groups in total. The fourth-order valence-electron chi connectivity index (χ4n) is 1.68. The summed E-state index contributed by atoms with van der Waals surface area (Å²) in [4.78, 5) is 8.21. The minimum atomic E-state index is -0.179. The lowest BCUT2D eigenvalue weighted by molar-refractivity contribution is 0.610. The van der Waals surface area contributed by atoms with Crippen LogP contribution in [0.3, 0.4) is 0 Å². The zero-order valence-electron chi connectivity index (χ0n) is 10.5. The zero-order chi connectivity index (χ0) is 13.7. The Hall–Kier alpha value is -1.69. The van der Waals surface area contributed by atoms with Crippen molar-refractivity contribution in [1.29, 1.82) is 0 Å². The average molecular weight is 325 g/mol. The molecule has 100 valence electrons. The van der Waals surface area contributed by atoms with E-state index in [9.17, 15) is 4.39 Å². The van der Waals surface area contributed by atoms with Crippen LogP contribution in [0.1, 0.15) is 5.56 Å². The zero-order valence-corrected chi connectivity index (χ0v) is 12.0. The van der Waals surface area contributed by atoms with Gasteiger partial charge in [-0.3, -0.25) is 0 Å². The van der Waals surface area contributed by atoms with Crippen molar-refractivity contribution in [2.75, 3.05) is 24.2 Å². The Morgan fingerprint density at radius 3 is 2.68 bits per heavy atom. The van der Waals surface area contributed by atoms with Gasteiger partial charge >= 0.3 is 0 Å². The second-order valence-corrected chi connectivity index (χ2v) is 4.70. The summed E-state index contributed by atoms with van der Waals surface area (Å²) >= 11 is 3.42. The van der Waals surface area contributed by atoms with Crippen molar-refractivity contribution in [3.8, 4) is 0 Å². The molecular weight excluding hydrogens is 311 g/mol. The Morgan fingerprint density at radius 1 is 1.21 bits per heavy atom. The number of nitrogens with zero attached hydrogens (tertiary/aromatic N) is 2. The monoisotopic (exact) mass is 324 g/mol. The van der Waals surface area contributed by atoms with Crippen LogP contribution in [-0.2, 0) is 6.42 Å². The van der Waals surface area contributed by atoms with Crippen molar-refractivity contribution in [3.05, 3.63) is 46.4 Å². The fourth-order valence-corrected chi connectivity index (χ4v) is 2.23. The minimum absolute atomic E-state index is 0.179. The van der Waals surface area contributed by atoms with Gasteiger partial charge in [0, 0.05) is 13.6 Å². The predicted molar refractivity (Wildman–Crippen MR) is 77.9 cm³/mol. The molecule has 2 aromatic rings. The molecule has 4 nitrogen and oxygen atoms in total. The van der Waals surface area contributed by atoms with Gasteiger partial charge in [0.1, 0.15) is 28.3 Å². The van der Waals surface area contributed by atoms with Gasteiger partial charge in [0.25, 0.3) is 0 Å². The van der Waals surface area contributed by atoms with Gasteiger partial charge in [-0.15, -0.1) is 0 Å². The molecule has 6 heteroatoms. The van der Waals surface area contributed by atoms with Crippen LogP contribution in [0.5, 0.6) is 0 Å². The van der Waals surface area contributed by atoms with E-state index in [0.29, 0.717) is 30.2 Å². The smallest absolute Gasteiger partial charge is 0.145 e. The first kappa shape index (κ1) is 13.7. The van der Waals surface area contributed by atoms with E-state index in [0.717, 1.165) is 4.47 Å². The number of nitrogens with one attached hydrogen (secondary N) is 2. The van der Waals surface area contributed by atoms with Crippen molar-refractivity contribution in [3.63, 3.8) is 0 Å². The molecule has 0 saturated heterocycles. The summed E-state index contributed by atoms with van der Waals surface area (Å²) in [6, 6.07) is 6.77. The molecule has 1 aromatic heterocycles. The van der Waals surface area contributed by atoms with Gasteiger partial charge in [-0.05, 0) is 34.0 Å². The Balaban J connectivity index is 1.98. The Kier molecular flexibility index (Phi) is 4.68. The topological polar surface area (TPSA) is 49.8 Å². The number of hydrogen-bond acceptors (Lipinski definition) is 4. The van der Waals surface area contributed by atoms with Crippen LogP contribution in [0.15, 0.2) is 35.1 Å². The highest BCUT2D eigenvalue weighted by atomic mass is 79.9. The summed E-state index contributed by atoms with van der Waals surface area (Å²) in [5.74, 6) is 1.22. The van der Waals surface area contributed by atoms with Crippen molar-refractivity contribution >= 4 is 27.6 Å². The van der Waals surface area contributed by atoms with Crippen LogP contribution in [-0.4, -0.2) is 23.6 Å². The van der Waals surface area contributed by atoms with E-state index >= 15 is 0 Å². The van der Waals surface area contributed by atoms with Crippen LogP contribution in [0.25, 0.3) is 0 Å². The summed E-state index contributed by atoms with van der Waals surface area (Å²) in [6.07, 6.45) is 2.07. The summed E-state index contributed by atoms with van der Waals surface area (Å²) in [7, 11) is 1.79. The molecule has 0 bridgehead atoms. The van der Waals surface area contributed by atoms with E-state index in [1.54, 1.807) is 19.2 Å². The quantitative estimate of drug-likeness (QED) is 0.887. The number of hydrogen-bond donors (Lipinski definition) is 2. The first-order valence-electron chi connectivity index (χ1n) is 5.88. The van der Waals surface area contributed by atoms with Gasteiger partial charge in [0.2, 0.25) is 0 Å². The van der Waals surface area contributed by atoms with Crippen LogP contribution < -0.4 is 10.6 Å². The molecular formula is C13H14BrFN4. The molecule has 0 aliphatic rings. The van der Waals surface area contributed by atoms with Crippen molar-refractivity contribution in [2.24, 2.45) is 0 Å². The molecule has 0 amide bonds. The molecule has 0 spiro atoms. The van der Waals surface area contributed by atoms with E-state index in [4.69, 9.17) is 0 Å². The highest BCUT2D eigenvalue weighted by molar-refractivity contribution is 9.10. The van der Waals surface area contributed by atoms with E-state index in [-0.39, 0.29) is 5.82 Å². The SMILES string of the molecule is CNc1ncnc(NCCc2ccccc2F)c1Br. The van der Waals surface area contributed by atoms with Crippen molar-refractivity contribution in [2.45, 2.75) is 6.42 Å². The van der Waals surface area contributed by atoms with Crippen LogP contribution in [0.4, 0.5) is 16.0 Å². The maximum atomic E-state index is 13.4. The summed E-state index contributed by atoms with van der Waals surface area (Å²) in [6.45, 7) is 0.597. The third kappa shape index (κ3) is 3.41. The minimum Gasteiger partial charge on any atom is -0.372 e. The number of anilines is 2. The molecule has 0 unspecified atom stereocenters. The lowest BCUT2D eigenvalue weighted by Gasteiger charge is -2.10. The van der Waals surface area contributed by atoms with Gasteiger partial charge in [-0.2, -0.15) is 0 Å². The number of benzene rings is 1. The van der Waals surface area contributed by atoms with E-state index in [2.05, 4.69) is 36.5 Å². The normalized spacial score (nSPS) is 10.3. The van der Waals surface area contributed by atoms with Gasteiger partial charge in [-0.25, -0.2) is 14.4 Å². The Labute approximate surface area is 119 Å². The van der Waals surface area contributed by atoms with E-state index < -0.39 is 0 Å². The van der Waals surface area contributed by atoms with Gasteiger partial charge in [-0.1, -0.05) is 18.2 Å². The molecule has 19 heavy (non-hydrogen) atoms. The van der Waals surface area contributed by atoms with Crippen LogP contribution in [0, 0.1) is 5.82 Å². The van der Waals surface area contributed by atoms with Crippen LogP contribution >= 0.6 is 15.9 Å². The molecule has 1 heterocycles. The number of aromatic nitrogens is 2. The first-order valence-corrected chi connectivity index (χ1v) is 6.67. The molecule has 0 aliphatic heterocycles. The van der Waals surface area contributed by atoms with Crippen LogP contribution in [0.2, 0.25) is 0 Å². The average Bonchev–Trinajstić information content (AvgIpc) is 2.43. The number of rotatable bonds is 5. The molecule has 0 saturated carbocycles. The fraction of sp³-hybridized carbons (Fsp3) is 0.231. The van der Waals surface area contributed by atoms with Crippen molar-refractivity contribution in [1.82, 2.24) is 9.97 Å². The maximum absolute atomic E-state index is 13.4. The lowest BCUT2D eigenvalue weighted by Crippen LogP contribution is -2.09. The van der Waals surface area contributed by atoms with Crippen molar-refractivity contribution < 1.29 is 4.39 Å². The highest BCUT2D eigenvalue weighted by Crippen LogP contribution is 2.25. The standard InChI is InChI=1S/C13H14BrFN4/c1-16-12-11(14)13(19-8-18-12)17-7-6-9-4-2-3-5-10(9)15/h2-5,8H,6-7H2,1H3,(H2,16,17,18,19). The number of halogens is 2. The molecule has 0 fully saturated rings. The molecule has 0 aliphatic carbocycles. The first-order chi connectivity index (χ1) is 9.22. The molecule has 0 atom stereocenters. The second kappa shape index (κ2) is 6.47. The Morgan fingerprint density at radius 2 is 1.95 bits per heavy atom. The van der Waals surface area contributed by atoms with Gasteiger partial charge < -0.3 is 10.6 Å². The molecule has 0 radical (unpaired) electrons. The van der Waals surface area contributed by atoms with Gasteiger partial charge in [0.15, 0.2) is 0 Å². The lowest BCUT2D eigenvalue weighted by atomic mass is 10.1. The summed E-state index contributed by atoms with van der Waals surface area (Å²) in [5.41, 5.74) is 0.689. The summed E-state index contributed by atoms with van der Waals surface area (Å²) < 4.78 is 14.2. The third-order valence-electron chi connectivity index (χ3n) is 2.67. The Bertz CT molecular complexity index is 562. The molecule has 2 rings (SSSR count). The summed E-state index contributed by atoms with van der Waals surface area (Å²) in [5, 5.41) is 6.11. The van der Waals surface area contributed by atoms with Gasteiger partial charge in [0.05, 0.1) is 0 Å². The van der Waals surface area contributed by atoms with E-state index in [1.165, 1.54) is 12.4 Å². The van der Waals surface area contributed by atoms with E-state index in [1.807, 2.05) is 6.07 Å². The maximum Gasteiger partial charge on any atom is 0.145 e.